The number of hydrogen-bond donors (Lipinski definition) is 4. The first kappa shape index (κ1) is 26.1. The summed E-state index contributed by atoms with van der Waals surface area (Å²) in [6.45, 7) is 4.96. The third kappa shape index (κ3) is 8.77. The van der Waals surface area contributed by atoms with Crippen molar-refractivity contribution in [1.29, 1.82) is 5.41 Å². The number of aliphatic hydroxyl groups is 1. The number of carbonyl (C=O) groups excluding carboxylic acids is 1. The Morgan fingerprint density at radius 3 is 2.48 bits per heavy atom. The summed E-state index contributed by atoms with van der Waals surface area (Å²) in [5, 5.41) is 22.9. The average molecular weight is 437 g/mol. The van der Waals surface area contributed by atoms with Gasteiger partial charge >= 0.3 is 6.61 Å². The van der Waals surface area contributed by atoms with E-state index in [0.717, 1.165) is 0 Å². The molecule has 1 aromatic heterocycles. The van der Waals surface area contributed by atoms with Gasteiger partial charge in [0.1, 0.15) is 11.4 Å². The molecule has 170 valence electrons. The summed E-state index contributed by atoms with van der Waals surface area (Å²) in [5.74, 6) is -0.0323. The monoisotopic (exact) mass is 436 g/mol. The summed E-state index contributed by atoms with van der Waals surface area (Å²) >= 11 is 0. The number of benzene rings is 1. The first-order chi connectivity index (χ1) is 14.5. The van der Waals surface area contributed by atoms with Gasteiger partial charge in [0.25, 0.3) is 0 Å². The normalized spacial score (nSPS) is 11.0. The van der Waals surface area contributed by atoms with Gasteiger partial charge < -0.3 is 20.5 Å². The molecule has 0 radical (unpaired) electrons. The molecule has 0 unspecified atom stereocenters. The van der Waals surface area contributed by atoms with Crippen molar-refractivity contribution in [2.24, 2.45) is 0 Å². The van der Waals surface area contributed by atoms with E-state index in [1.807, 2.05) is 34.7 Å². The van der Waals surface area contributed by atoms with Gasteiger partial charge in [0, 0.05) is 28.9 Å². The van der Waals surface area contributed by atoms with Gasteiger partial charge in [-0.15, -0.1) is 0 Å². The lowest BCUT2D eigenvalue weighted by molar-refractivity contribution is -0.0498. The molecule has 0 atom stereocenters. The number of aliphatic hydroxyl groups excluding tert-OH is 1. The van der Waals surface area contributed by atoms with E-state index in [1.54, 1.807) is 12.1 Å². The number of aldehydes is 1. The number of halogens is 2. The number of pyridine rings is 1. The van der Waals surface area contributed by atoms with Gasteiger partial charge in [0.05, 0.1) is 18.0 Å². The molecule has 0 saturated heterocycles. The third-order valence-electron chi connectivity index (χ3n) is 4.15. The Kier molecular flexibility index (Phi) is 10.2. The van der Waals surface area contributed by atoms with Crippen molar-refractivity contribution < 1.29 is 23.4 Å². The van der Waals surface area contributed by atoms with Gasteiger partial charge in [-0.1, -0.05) is 12.1 Å². The van der Waals surface area contributed by atoms with Crippen molar-refractivity contribution in [2.45, 2.75) is 45.9 Å². The second-order valence-corrected chi connectivity index (χ2v) is 7.66. The smallest absolute Gasteiger partial charge is 0.387 e. The summed E-state index contributed by atoms with van der Waals surface area (Å²) in [5.41, 5.74) is 1.54. The number of carbonyl (C=O) groups is 1. The predicted molar refractivity (Wildman–Crippen MR) is 118 cm³/mol. The van der Waals surface area contributed by atoms with Crippen molar-refractivity contribution in [2.75, 3.05) is 19.0 Å². The molecule has 2 rings (SSSR count). The maximum Gasteiger partial charge on any atom is 0.387 e. The summed E-state index contributed by atoms with van der Waals surface area (Å²) < 4.78 is 29.0. The molecule has 0 amide bonds. The van der Waals surface area contributed by atoms with Gasteiger partial charge in [-0.3, -0.25) is 15.2 Å². The van der Waals surface area contributed by atoms with Crippen LogP contribution < -0.4 is 15.4 Å². The minimum Gasteiger partial charge on any atom is -0.435 e. The summed E-state index contributed by atoms with van der Waals surface area (Å²) in [7, 11) is 1.83. The molecule has 4 N–H and O–H groups in total. The molecule has 31 heavy (non-hydrogen) atoms. The average Bonchev–Trinajstić information content (AvgIpc) is 2.73. The Hall–Kier alpha value is -2.91. The second kappa shape index (κ2) is 12.1. The molecule has 2 aromatic rings. The van der Waals surface area contributed by atoms with Crippen LogP contribution in [0.15, 0.2) is 36.5 Å². The van der Waals surface area contributed by atoms with E-state index in [2.05, 4.69) is 20.4 Å². The van der Waals surface area contributed by atoms with Crippen molar-refractivity contribution in [3.8, 4) is 5.75 Å². The molecule has 9 heteroatoms. The Balaban J connectivity index is 0.000000592. The highest BCUT2D eigenvalue weighted by molar-refractivity contribution is 6.13. The molecule has 0 bridgehead atoms. The molecule has 0 spiro atoms. The Morgan fingerprint density at radius 2 is 2.00 bits per heavy atom. The molecule has 0 aliphatic rings. The van der Waals surface area contributed by atoms with Crippen LogP contribution in [0.4, 0.5) is 14.5 Å². The lowest BCUT2D eigenvalue weighted by Gasteiger charge is -2.19. The maximum absolute atomic E-state index is 12.3. The van der Waals surface area contributed by atoms with Gasteiger partial charge in [-0.05, 0) is 52.9 Å². The van der Waals surface area contributed by atoms with Crippen LogP contribution in [0.25, 0.3) is 0 Å². The minimum absolute atomic E-state index is 0.0323. The molecule has 0 aliphatic heterocycles. The van der Waals surface area contributed by atoms with E-state index in [-0.39, 0.29) is 29.6 Å². The Labute approximate surface area is 181 Å². The third-order valence-corrected chi connectivity index (χ3v) is 4.15. The SMILES string of the molecule is CC(C)Nc1cc(C=O)cnc1C(=N)c1cccc(OC(F)F)c1.CNC(C)(C)CO. The Morgan fingerprint density at radius 1 is 1.32 bits per heavy atom. The van der Waals surface area contributed by atoms with Crippen LogP contribution in [0.5, 0.6) is 5.75 Å². The number of nitrogens with zero attached hydrogens (tertiary/aromatic N) is 1. The zero-order valence-corrected chi connectivity index (χ0v) is 18.4. The van der Waals surface area contributed by atoms with Crippen LogP contribution in [0.2, 0.25) is 0 Å². The van der Waals surface area contributed by atoms with Gasteiger partial charge in [0.2, 0.25) is 0 Å². The maximum atomic E-state index is 12.3. The zero-order chi connectivity index (χ0) is 23.6. The molecular weight excluding hydrogens is 406 g/mol. The summed E-state index contributed by atoms with van der Waals surface area (Å²) in [6.07, 6.45) is 2.03. The highest BCUT2D eigenvalue weighted by Gasteiger charge is 2.15. The van der Waals surface area contributed by atoms with Crippen LogP contribution >= 0.6 is 0 Å². The van der Waals surface area contributed by atoms with Crippen LogP contribution in [0.1, 0.15) is 49.3 Å². The molecule has 1 heterocycles. The predicted octanol–water partition coefficient (Wildman–Crippen LogP) is 3.71. The van der Waals surface area contributed by atoms with E-state index in [0.29, 0.717) is 28.8 Å². The zero-order valence-electron chi connectivity index (χ0n) is 18.4. The molecule has 0 fully saturated rings. The number of likely N-dealkylation sites (N-methyl/N-ethyl adjacent to an activating group) is 1. The highest BCUT2D eigenvalue weighted by atomic mass is 19.3. The van der Waals surface area contributed by atoms with Crippen molar-refractivity contribution in [3.63, 3.8) is 0 Å². The minimum atomic E-state index is -2.93. The van der Waals surface area contributed by atoms with Crippen LogP contribution in [0.3, 0.4) is 0 Å². The molecule has 0 saturated carbocycles. The second-order valence-electron chi connectivity index (χ2n) is 7.66. The Bertz CT molecular complexity index is 868. The standard InChI is InChI=1S/C17H17F2N3O2.C5H13NO/c1-10(2)22-14-6-11(9-23)8-21-16(14)15(20)12-4-3-5-13(7-12)24-17(18)19;1-5(2,4-7)6-3/h3-10,17,20,22H,1-2H3;6-7H,4H2,1-3H3. The van der Waals surface area contributed by atoms with Crippen LogP contribution in [-0.2, 0) is 0 Å². The fourth-order valence-electron chi connectivity index (χ4n) is 2.21. The molecular formula is C22H30F2N4O3. The number of aromatic nitrogens is 1. The number of nitrogens with one attached hydrogen (secondary N) is 3. The van der Waals surface area contributed by atoms with Gasteiger partial charge in [-0.25, -0.2) is 0 Å². The topological polar surface area (TPSA) is 107 Å². The first-order valence-corrected chi connectivity index (χ1v) is 9.68. The fraction of sp³-hybridized carbons (Fsp3) is 0.409. The summed E-state index contributed by atoms with van der Waals surface area (Å²) in [4.78, 5) is 15.1. The quantitative estimate of drug-likeness (QED) is 0.353. The van der Waals surface area contributed by atoms with Gasteiger partial charge in [0.15, 0.2) is 6.29 Å². The van der Waals surface area contributed by atoms with Crippen LogP contribution in [-0.4, -0.2) is 53.9 Å². The van der Waals surface area contributed by atoms with E-state index < -0.39 is 6.61 Å². The van der Waals surface area contributed by atoms with Crippen molar-refractivity contribution in [1.82, 2.24) is 10.3 Å². The van der Waals surface area contributed by atoms with Crippen LogP contribution in [0, 0.1) is 5.41 Å². The largest absolute Gasteiger partial charge is 0.435 e. The number of anilines is 1. The number of rotatable bonds is 9. The fourth-order valence-corrected chi connectivity index (χ4v) is 2.21. The molecule has 1 aromatic carbocycles. The lowest BCUT2D eigenvalue weighted by Crippen LogP contribution is -2.39. The summed E-state index contributed by atoms with van der Waals surface area (Å²) in [6, 6.07) is 7.53. The number of ether oxygens (including phenoxy) is 1. The van der Waals surface area contributed by atoms with Gasteiger partial charge in [-0.2, -0.15) is 8.78 Å². The van der Waals surface area contributed by atoms with E-state index in [9.17, 15) is 13.6 Å². The number of hydrogen-bond acceptors (Lipinski definition) is 7. The van der Waals surface area contributed by atoms with E-state index in [1.165, 1.54) is 24.4 Å². The number of alkyl halides is 2. The van der Waals surface area contributed by atoms with E-state index >= 15 is 0 Å². The molecule has 7 nitrogen and oxygen atoms in total. The first-order valence-electron chi connectivity index (χ1n) is 9.68. The molecule has 0 aliphatic carbocycles. The van der Waals surface area contributed by atoms with E-state index in [4.69, 9.17) is 10.5 Å². The lowest BCUT2D eigenvalue weighted by atomic mass is 10.0. The highest BCUT2D eigenvalue weighted by Crippen LogP contribution is 2.22. The van der Waals surface area contributed by atoms with Crippen molar-refractivity contribution in [3.05, 3.63) is 53.3 Å². The van der Waals surface area contributed by atoms with Crippen molar-refractivity contribution >= 4 is 17.7 Å².